The largest absolute Gasteiger partial charge is 0.478 e. The lowest BCUT2D eigenvalue weighted by Crippen LogP contribution is -2.24. The minimum absolute atomic E-state index is 0.112. The van der Waals surface area contributed by atoms with E-state index in [2.05, 4.69) is 9.97 Å². The number of nitrogens with zero attached hydrogens (tertiary/aromatic N) is 2. The molecule has 6 heteroatoms. The van der Waals surface area contributed by atoms with Crippen LogP contribution in [0.2, 0.25) is 0 Å². The van der Waals surface area contributed by atoms with E-state index in [0.717, 1.165) is 0 Å². The fourth-order valence-corrected chi connectivity index (χ4v) is 1.49. The molecule has 1 N–H and O–H groups in total. The second-order valence-corrected chi connectivity index (χ2v) is 3.47. The highest BCUT2D eigenvalue weighted by molar-refractivity contribution is 5.88. The number of aromatic carboxylic acids is 1. The Balaban J connectivity index is 2.23. The average Bonchev–Trinajstić information content (AvgIpc) is 2.29. The molecule has 0 amide bonds. The minimum Gasteiger partial charge on any atom is -0.478 e. The normalized spacial score (nSPS) is 20.7. The first-order chi connectivity index (χ1) is 7.68. The fourth-order valence-electron chi connectivity index (χ4n) is 1.49. The molecule has 1 atom stereocenters. The van der Waals surface area contributed by atoms with Gasteiger partial charge in [0.1, 0.15) is 6.10 Å². The van der Waals surface area contributed by atoms with Gasteiger partial charge in [-0.25, -0.2) is 14.8 Å². The van der Waals surface area contributed by atoms with Crippen LogP contribution in [0.1, 0.15) is 28.0 Å². The molecule has 2 heterocycles. The van der Waals surface area contributed by atoms with E-state index >= 15 is 0 Å². The Morgan fingerprint density at radius 3 is 2.94 bits per heavy atom. The maximum Gasteiger partial charge on any atom is 0.339 e. The molecule has 0 saturated carbocycles. The Hall–Kier alpha value is -1.53. The van der Waals surface area contributed by atoms with Gasteiger partial charge in [-0.1, -0.05) is 0 Å². The lowest BCUT2D eigenvalue weighted by molar-refractivity contribution is -0.0935. The molecular formula is C10H12N2O4. The second kappa shape index (κ2) is 4.54. The van der Waals surface area contributed by atoms with Crippen molar-refractivity contribution < 1.29 is 19.4 Å². The monoisotopic (exact) mass is 224 g/mol. The first kappa shape index (κ1) is 11.0. The van der Waals surface area contributed by atoms with Gasteiger partial charge in [0.15, 0.2) is 5.82 Å². The smallest absolute Gasteiger partial charge is 0.339 e. The zero-order valence-electron chi connectivity index (χ0n) is 8.84. The highest BCUT2D eigenvalue weighted by atomic mass is 16.6. The molecule has 0 spiro atoms. The topological polar surface area (TPSA) is 81.5 Å². The molecule has 1 saturated heterocycles. The Morgan fingerprint density at radius 2 is 2.38 bits per heavy atom. The molecule has 0 radical (unpaired) electrons. The third-order valence-corrected chi connectivity index (χ3v) is 2.33. The predicted molar refractivity (Wildman–Crippen MR) is 53.2 cm³/mol. The van der Waals surface area contributed by atoms with Gasteiger partial charge in [-0.05, 0) is 6.92 Å². The zero-order chi connectivity index (χ0) is 11.5. The lowest BCUT2D eigenvalue weighted by Gasteiger charge is -2.21. The van der Waals surface area contributed by atoms with Gasteiger partial charge in [-0.3, -0.25) is 0 Å². The summed E-state index contributed by atoms with van der Waals surface area (Å²) in [5, 5.41) is 8.83. The number of hydrogen-bond acceptors (Lipinski definition) is 5. The molecule has 6 nitrogen and oxygen atoms in total. The van der Waals surface area contributed by atoms with E-state index in [0.29, 0.717) is 31.3 Å². The minimum atomic E-state index is -1.02. The molecule has 0 aromatic carbocycles. The van der Waals surface area contributed by atoms with Crippen LogP contribution >= 0.6 is 0 Å². The van der Waals surface area contributed by atoms with Crippen molar-refractivity contribution in [1.29, 1.82) is 0 Å². The predicted octanol–water partition coefficient (Wildman–Crippen LogP) is 0.571. The number of carboxylic acids is 1. The molecule has 1 aliphatic heterocycles. The fraction of sp³-hybridized carbons (Fsp3) is 0.500. The Morgan fingerprint density at radius 1 is 1.56 bits per heavy atom. The molecule has 16 heavy (non-hydrogen) atoms. The van der Waals surface area contributed by atoms with Crippen LogP contribution in [-0.4, -0.2) is 40.9 Å². The van der Waals surface area contributed by atoms with Crippen LogP contribution < -0.4 is 0 Å². The Labute approximate surface area is 92.2 Å². The van der Waals surface area contributed by atoms with Crippen molar-refractivity contribution in [1.82, 2.24) is 9.97 Å². The second-order valence-electron chi connectivity index (χ2n) is 3.47. The van der Waals surface area contributed by atoms with Gasteiger partial charge in [0.25, 0.3) is 0 Å². The number of ether oxygens (including phenoxy) is 2. The van der Waals surface area contributed by atoms with E-state index in [1.54, 1.807) is 6.92 Å². The highest BCUT2D eigenvalue weighted by Crippen LogP contribution is 2.17. The maximum absolute atomic E-state index is 10.8. The number of aryl methyl sites for hydroxylation is 1. The summed E-state index contributed by atoms with van der Waals surface area (Å²) in [6.45, 7) is 3.13. The molecule has 1 aromatic rings. The molecule has 1 unspecified atom stereocenters. The van der Waals surface area contributed by atoms with Crippen LogP contribution in [0, 0.1) is 6.92 Å². The third-order valence-electron chi connectivity index (χ3n) is 2.33. The summed E-state index contributed by atoms with van der Waals surface area (Å²) in [5.41, 5.74) is 0.548. The summed E-state index contributed by atoms with van der Waals surface area (Å²) >= 11 is 0. The molecule has 0 aliphatic carbocycles. The van der Waals surface area contributed by atoms with E-state index < -0.39 is 5.97 Å². The number of rotatable bonds is 2. The molecular weight excluding hydrogens is 212 g/mol. The summed E-state index contributed by atoms with van der Waals surface area (Å²) in [4.78, 5) is 18.9. The number of carboxylic acid groups (broad SMARTS) is 1. The van der Waals surface area contributed by atoms with E-state index in [9.17, 15) is 4.79 Å². The van der Waals surface area contributed by atoms with Gasteiger partial charge < -0.3 is 14.6 Å². The van der Waals surface area contributed by atoms with Crippen molar-refractivity contribution in [3.8, 4) is 0 Å². The van der Waals surface area contributed by atoms with Crippen molar-refractivity contribution >= 4 is 5.97 Å². The number of hydrogen-bond donors (Lipinski definition) is 1. The third kappa shape index (κ3) is 2.17. The Kier molecular flexibility index (Phi) is 3.12. The van der Waals surface area contributed by atoms with Crippen molar-refractivity contribution in [3.05, 3.63) is 23.3 Å². The van der Waals surface area contributed by atoms with Crippen LogP contribution in [0.3, 0.4) is 0 Å². The van der Waals surface area contributed by atoms with Crippen LogP contribution in [-0.2, 0) is 9.47 Å². The van der Waals surface area contributed by atoms with E-state index in [4.69, 9.17) is 14.6 Å². The van der Waals surface area contributed by atoms with Crippen LogP contribution in [0.5, 0.6) is 0 Å². The first-order valence-electron chi connectivity index (χ1n) is 4.94. The van der Waals surface area contributed by atoms with Crippen LogP contribution in [0.25, 0.3) is 0 Å². The number of aromatic nitrogens is 2. The standard InChI is InChI=1S/C10H12N2O4/c1-6-7(10(13)14)4-11-9(12-6)8-5-15-2-3-16-8/h4,8H,2-3,5H2,1H3,(H,13,14). The van der Waals surface area contributed by atoms with Crippen molar-refractivity contribution in [2.24, 2.45) is 0 Å². The molecule has 1 fully saturated rings. The summed E-state index contributed by atoms with van der Waals surface area (Å²) < 4.78 is 10.7. The Bertz CT molecular complexity index is 402. The van der Waals surface area contributed by atoms with Gasteiger partial charge in [-0.15, -0.1) is 0 Å². The van der Waals surface area contributed by atoms with Crippen molar-refractivity contribution in [2.45, 2.75) is 13.0 Å². The molecule has 2 rings (SSSR count). The van der Waals surface area contributed by atoms with Gasteiger partial charge in [0, 0.05) is 6.20 Å². The summed E-state index contributed by atoms with van der Waals surface area (Å²) in [6.07, 6.45) is 1.01. The van der Waals surface area contributed by atoms with E-state index in [1.165, 1.54) is 6.20 Å². The number of carbonyl (C=O) groups is 1. The SMILES string of the molecule is Cc1nc(C2COCCO2)ncc1C(=O)O. The van der Waals surface area contributed by atoms with Crippen LogP contribution in [0.15, 0.2) is 6.20 Å². The summed E-state index contributed by atoms with van der Waals surface area (Å²) in [7, 11) is 0. The molecule has 0 bridgehead atoms. The zero-order valence-corrected chi connectivity index (χ0v) is 8.84. The van der Waals surface area contributed by atoms with Gasteiger partial charge in [-0.2, -0.15) is 0 Å². The first-order valence-corrected chi connectivity index (χ1v) is 4.94. The van der Waals surface area contributed by atoms with E-state index in [1.807, 2.05) is 0 Å². The lowest BCUT2D eigenvalue weighted by atomic mass is 10.2. The summed E-state index contributed by atoms with van der Waals surface area (Å²) in [5.74, 6) is -0.549. The highest BCUT2D eigenvalue weighted by Gasteiger charge is 2.21. The maximum atomic E-state index is 10.8. The molecule has 1 aromatic heterocycles. The van der Waals surface area contributed by atoms with Gasteiger partial charge in [0.2, 0.25) is 0 Å². The average molecular weight is 224 g/mol. The van der Waals surface area contributed by atoms with Crippen molar-refractivity contribution in [3.63, 3.8) is 0 Å². The molecule has 86 valence electrons. The molecule has 1 aliphatic rings. The van der Waals surface area contributed by atoms with Gasteiger partial charge >= 0.3 is 5.97 Å². The van der Waals surface area contributed by atoms with Crippen molar-refractivity contribution in [2.75, 3.05) is 19.8 Å². The van der Waals surface area contributed by atoms with Gasteiger partial charge in [0.05, 0.1) is 31.1 Å². The summed E-state index contributed by atoms with van der Waals surface area (Å²) in [6, 6.07) is 0. The van der Waals surface area contributed by atoms with Crippen LogP contribution in [0.4, 0.5) is 0 Å². The van der Waals surface area contributed by atoms with E-state index in [-0.39, 0.29) is 11.7 Å². The quantitative estimate of drug-likeness (QED) is 0.790.